The average molecular weight is 390 g/mol. The van der Waals surface area contributed by atoms with Crippen LogP contribution in [0, 0.1) is 0 Å². The molecule has 1 amide bonds. The molecule has 2 N–H and O–H groups in total. The van der Waals surface area contributed by atoms with Gasteiger partial charge in [-0.2, -0.15) is 0 Å². The highest BCUT2D eigenvalue weighted by Crippen LogP contribution is 2.36. The highest BCUT2D eigenvalue weighted by molar-refractivity contribution is 5.79. The van der Waals surface area contributed by atoms with E-state index in [0.717, 1.165) is 36.3 Å². The Labute approximate surface area is 170 Å². The molecule has 150 valence electrons. The predicted octanol–water partition coefficient (Wildman–Crippen LogP) is 3.06. The zero-order valence-electron chi connectivity index (χ0n) is 16.6. The van der Waals surface area contributed by atoms with Crippen LogP contribution in [0.2, 0.25) is 0 Å². The second-order valence-corrected chi connectivity index (χ2v) is 7.55. The van der Waals surface area contributed by atoms with E-state index in [2.05, 4.69) is 39.8 Å². The molecule has 0 aliphatic heterocycles. The second kappa shape index (κ2) is 8.57. The summed E-state index contributed by atoms with van der Waals surface area (Å²) >= 11 is 0. The number of aromatic nitrogens is 3. The smallest absolute Gasteiger partial charge is 0.224 e. The van der Waals surface area contributed by atoms with Gasteiger partial charge in [0.05, 0.1) is 6.42 Å². The van der Waals surface area contributed by atoms with Crippen LogP contribution < -0.4 is 5.32 Å². The minimum absolute atomic E-state index is 0.0499. The number of hydrogen-bond acceptors (Lipinski definition) is 4. The highest BCUT2D eigenvalue weighted by Gasteiger charge is 2.35. The first-order valence-corrected chi connectivity index (χ1v) is 10.1. The van der Waals surface area contributed by atoms with Crippen molar-refractivity contribution in [2.24, 2.45) is 0 Å². The van der Waals surface area contributed by atoms with Gasteiger partial charge in [-0.05, 0) is 36.5 Å². The zero-order valence-corrected chi connectivity index (χ0v) is 16.6. The van der Waals surface area contributed by atoms with E-state index in [1.165, 1.54) is 5.56 Å². The summed E-state index contributed by atoms with van der Waals surface area (Å²) in [6.45, 7) is 2.66. The molecule has 1 aromatic heterocycles. The summed E-state index contributed by atoms with van der Waals surface area (Å²) in [4.78, 5) is 12.4. The number of hydrogen-bond donors (Lipinski definition) is 2. The number of nitrogens with one attached hydrogen (secondary N) is 1. The van der Waals surface area contributed by atoms with Gasteiger partial charge < -0.3 is 15.0 Å². The zero-order chi connectivity index (χ0) is 20.2. The van der Waals surface area contributed by atoms with Gasteiger partial charge in [0.15, 0.2) is 5.82 Å². The van der Waals surface area contributed by atoms with Crippen molar-refractivity contribution < 1.29 is 9.90 Å². The quantitative estimate of drug-likeness (QED) is 0.650. The number of aliphatic hydroxyl groups is 1. The van der Waals surface area contributed by atoms with Crippen LogP contribution in [-0.4, -0.2) is 31.8 Å². The van der Waals surface area contributed by atoms with Crippen molar-refractivity contribution in [2.75, 3.05) is 0 Å². The Morgan fingerprint density at radius 1 is 1.07 bits per heavy atom. The molecule has 4 rings (SSSR count). The van der Waals surface area contributed by atoms with Gasteiger partial charge >= 0.3 is 0 Å². The Hall–Kier alpha value is -2.99. The molecule has 1 aliphatic carbocycles. The van der Waals surface area contributed by atoms with Crippen LogP contribution >= 0.6 is 0 Å². The fraction of sp³-hybridized carbons (Fsp3) is 0.348. The van der Waals surface area contributed by atoms with Crippen molar-refractivity contribution >= 4 is 5.91 Å². The largest absolute Gasteiger partial charge is 0.388 e. The van der Waals surface area contributed by atoms with E-state index in [9.17, 15) is 9.90 Å². The first kappa shape index (κ1) is 19.3. The summed E-state index contributed by atoms with van der Waals surface area (Å²) in [7, 11) is 0. The maximum Gasteiger partial charge on any atom is 0.224 e. The molecule has 6 heteroatoms. The molecule has 1 aliphatic rings. The molecule has 6 nitrogen and oxygen atoms in total. The van der Waals surface area contributed by atoms with Crippen LogP contribution in [0.4, 0.5) is 0 Å². The van der Waals surface area contributed by atoms with Crippen LogP contribution in [-0.2, 0) is 24.4 Å². The van der Waals surface area contributed by atoms with E-state index in [0.29, 0.717) is 18.2 Å². The Morgan fingerprint density at radius 2 is 1.76 bits per heavy atom. The predicted molar refractivity (Wildman–Crippen MR) is 111 cm³/mol. The first-order chi connectivity index (χ1) is 14.2. The summed E-state index contributed by atoms with van der Waals surface area (Å²) in [5, 5.41) is 20.8. The van der Waals surface area contributed by atoms with E-state index >= 15 is 0 Å². The van der Waals surface area contributed by atoms with Crippen molar-refractivity contribution in [1.82, 2.24) is 20.1 Å². The van der Waals surface area contributed by atoms with Gasteiger partial charge in [0.1, 0.15) is 12.4 Å². The van der Waals surface area contributed by atoms with Gasteiger partial charge in [0.25, 0.3) is 0 Å². The summed E-state index contributed by atoms with van der Waals surface area (Å²) in [6, 6.07) is 18.6. The third kappa shape index (κ3) is 4.22. The van der Waals surface area contributed by atoms with E-state index in [4.69, 9.17) is 0 Å². The number of amides is 1. The fourth-order valence-corrected chi connectivity index (χ4v) is 3.97. The molecule has 1 fully saturated rings. The molecule has 3 aromatic rings. The third-order valence-corrected chi connectivity index (χ3v) is 5.61. The lowest BCUT2D eigenvalue weighted by molar-refractivity contribution is -0.121. The van der Waals surface area contributed by atoms with Crippen LogP contribution in [0.3, 0.4) is 0 Å². The summed E-state index contributed by atoms with van der Waals surface area (Å²) in [6.07, 6.45) is 2.11. The number of carbonyl (C=O) groups is 1. The van der Waals surface area contributed by atoms with Crippen LogP contribution in [0.15, 0.2) is 54.6 Å². The molecule has 29 heavy (non-hydrogen) atoms. The van der Waals surface area contributed by atoms with Gasteiger partial charge in [-0.3, -0.25) is 4.79 Å². The van der Waals surface area contributed by atoms with Crippen molar-refractivity contribution in [2.45, 2.75) is 51.3 Å². The summed E-state index contributed by atoms with van der Waals surface area (Å²) in [5.74, 6) is 1.86. The van der Waals surface area contributed by atoms with E-state index in [-0.39, 0.29) is 18.6 Å². The maximum absolute atomic E-state index is 12.4. The van der Waals surface area contributed by atoms with E-state index < -0.39 is 0 Å². The molecule has 0 radical (unpaired) electrons. The summed E-state index contributed by atoms with van der Waals surface area (Å²) < 4.78 is 1.97. The molecule has 1 heterocycles. The molecule has 0 bridgehead atoms. The number of carbonyl (C=O) groups excluding carboxylic acids is 1. The van der Waals surface area contributed by atoms with E-state index in [1.54, 1.807) is 0 Å². The topological polar surface area (TPSA) is 80.0 Å². The maximum atomic E-state index is 12.4. The van der Waals surface area contributed by atoms with Crippen molar-refractivity contribution in [3.63, 3.8) is 0 Å². The van der Waals surface area contributed by atoms with Gasteiger partial charge in [-0.25, -0.2) is 0 Å². The van der Waals surface area contributed by atoms with Crippen molar-refractivity contribution in [3.05, 3.63) is 71.8 Å². The van der Waals surface area contributed by atoms with Gasteiger partial charge in [-0.15, -0.1) is 10.2 Å². The number of aliphatic hydroxyl groups excluding tert-OH is 1. The number of benzene rings is 2. The van der Waals surface area contributed by atoms with Crippen LogP contribution in [0.1, 0.15) is 42.9 Å². The van der Waals surface area contributed by atoms with Gasteiger partial charge in [-0.1, -0.05) is 54.6 Å². The second-order valence-electron chi connectivity index (χ2n) is 7.55. The third-order valence-electron chi connectivity index (χ3n) is 5.61. The minimum atomic E-state index is -0.100. The monoisotopic (exact) mass is 390 g/mol. The fourth-order valence-electron chi connectivity index (χ4n) is 3.97. The molecule has 0 spiro atoms. The normalized spacial score (nSPS) is 18.3. The van der Waals surface area contributed by atoms with Gasteiger partial charge in [0, 0.05) is 18.5 Å². The lowest BCUT2D eigenvalue weighted by Crippen LogP contribution is -2.44. The molecule has 1 saturated carbocycles. The lowest BCUT2D eigenvalue weighted by atomic mass is 9.79. The highest BCUT2D eigenvalue weighted by atomic mass is 16.3. The van der Waals surface area contributed by atoms with Crippen molar-refractivity contribution in [3.8, 4) is 11.1 Å². The van der Waals surface area contributed by atoms with Crippen molar-refractivity contribution in [1.29, 1.82) is 0 Å². The Kier molecular flexibility index (Phi) is 5.71. The Bertz CT molecular complexity index is 960. The van der Waals surface area contributed by atoms with Crippen LogP contribution in [0.25, 0.3) is 11.1 Å². The Balaban J connectivity index is 1.29. The Morgan fingerprint density at radius 3 is 2.41 bits per heavy atom. The lowest BCUT2D eigenvalue weighted by Gasteiger charge is -2.35. The molecular weight excluding hydrogens is 364 g/mol. The molecular formula is C23H26N4O2. The minimum Gasteiger partial charge on any atom is -0.388 e. The average Bonchev–Trinajstić information content (AvgIpc) is 3.14. The molecule has 0 unspecified atom stereocenters. The SMILES string of the molecule is CCn1c(CO)nnc1C1CC(NC(=O)Cc2ccc(-c3ccccc3)cc2)C1. The first-order valence-electron chi connectivity index (χ1n) is 10.1. The molecule has 0 atom stereocenters. The summed E-state index contributed by atoms with van der Waals surface area (Å²) in [5.41, 5.74) is 3.34. The van der Waals surface area contributed by atoms with Gasteiger partial charge in [0.2, 0.25) is 5.91 Å². The van der Waals surface area contributed by atoms with Crippen LogP contribution in [0.5, 0.6) is 0 Å². The molecule has 2 aromatic carbocycles. The molecule has 0 saturated heterocycles. The number of nitrogens with zero attached hydrogens (tertiary/aromatic N) is 3. The standard InChI is InChI=1S/C23H26N4O2/c1-2-27-21(15-28)25-26-23(27)19-13-20(14-19)24-22(29)12-16-8-10-18(11-9-16)17-6-4-3-5-7-17/h3-11,19-20,28H,2,12-15H2,1H3,(H,24,29). The van der Waals surface area contributed by atoms with E-state index in [1.807, 2.05) is 41.8 Å². The number of rotatable bonds is 7.